The van der Waals surface area contributed by atoms with Gasteiger partial charge in [-0.1, -0.05) is 6.07 Å². The van der Waals surface area contributed by atoms with Crippen LogP contribution in [0, 0.1) is 17.8 Å². The fraction of sp³-hybridized carbons (Fsp3) is 0.571. The van der Waals surface area contributed by atoms with Crippen molar-refractivity contribution in [2.24, 2.45) is 17.8 Å². The van der Waals surface area contributed by atoms with E-state index in [0.717, 1.165) is 81.5 Å². The van der Waals surface area contributed by atoms with Crippen LogP contribution in [0.15, 0.2) is 42.3 Å². The largest absolute Gasteiger partial charge is 0.416 e. The number of aromatic nitrogens is 2. The number of alkyl halides is 3. The SMILES string of the molecule is O=C([C@@H]1CC1CN1CCC(c2csc3cc(C(F)(F)F)ccc23)CC1)N1CCC[C@@H](Cn2ccnc2)C1. The predicted octanol–water partition coefficient (Wildman–Crippen LogP) is 5.87. The highest BCUT2D eigenvalue weighted by Gasteiger charge is 2.46. The lowest BCUT2D eigenvalue weighted by Crippen LogP contribution is -2.42. The summed E-state index contributed by atoms with van der Waals surface area (Å²) in [6.45, 7) is 5.61. The Morgan fingerprint density at radius 1 is 1.11 bits per heavy atom. The van der Waals surface area contributed by atoms with E-state index in [1.807, 2.05) is 12.5 Å². The minimum Gasteiger partial charge on any atom is -0.342 e. The Morgan fingerprint density at radius 2 is 1.95 bits per heavy atom. The number of carbonyl (C=O) groups excluding carboxylic acids is 1. The summed E-state index contributed by atoms with van der Waals surface area (Å²) in [5, 5.41) is 3.02. The molecule has 5 nitrogen and oxygen atoms in total. The van der Waals surface area contributed by atoms with Gasteiger partial charge in [-0.3, -0.25) is 4.79 Å². The minimum atomic E-state index is -4.30. The van der Waals surface area contributed by atoms with E-state index in [4.69, 9.17) is 0 Å². The van der Waals surface area contributed by atoms with Gasteiger partial charge in [0.1, 0.15) is 0 Å². The summed E-state index contributed by atoms with van der Waals surface area (Å²) < 4.78 is 42.0. The van der Waals surface area contributed by atoms with Crippen molar-refractivity contribution >= 4 is 27.3 Å². The van der Waals surface area contributed by atoms with Gasteiger partial charge < -0.3 is 14.4 Å². The number of halogens is 3. The molecule has 0 N–H and O–H groups in total. The molecule has 1 aromatic carbocycles. The molecule has 1 aliphatic carbocycles. The van der Waals surface area contributed by atoms with E-state index >= 15 is 0 Å². The molecular weight excluding hydrogens is 497 g/mol. The Morgan fingerprint density at radius 3 is 2.70 bits per heavy atom. The number of likely N-dealkylation sites (tertiary alicyclic amines) is 2. The molecule has 6 rings (SSSR count). The Bertz CT molecular complexity index is 1230. The molecule has 2 aliphatic heterocycles. The summed E-state index contributed by atoms with van der Waals surface area (Å²) >= 11 is 1.42. The summed E-state index contributed by atoms with van der Waals surface area (Å²) in [4.78, 5) is 21.9. The van der Waals surface area contributed by atoms with Gasteiger partial charge in [-0.05, 0) is 91.4 Å². The second-order valence-corrected chi connectivity index (χ2v) is 12.0. The molecule has 2 saturated heterocycles. The lowest BCUT2D eigenvalue weighted by Gasteiger charge is -2.34. The Hall–Kier alpha value is -2.39. The van der Waals surface area contributed by atoms with Crippen molar-refractivity contribution in [1.29, 1.82) is 0 Å². The summed E-state index contributed by atoms with van der Waals surface area (Å²) in [5.74, 6) is 1.86. The average Bonchev–Trinajstić information content (AvgIpc) is 3.25. The van der Waals surface area contributed by atoms with Crippen molar-refractivity contribution in [3.05, 3.63) is 53.4 Å². The van der Waals surface area contributed by atoms with Gasteiger partial charge in [-0.15, -0.1) is 11.3 Å². The fourth-order valence-electron chi connectivity index (χ4n) is 6.39. The maximum atomic E-state index is 13.2. The first-order valence-electron chi connectivity index (χ1n) is 13.4. The first kappa shape index (κ1) is 24.9. The van der Waals surface area contributed by atoms with Crippen LogP contribution in [0.1, 0.15) is 49.1 Å². The molecule has 3 aliphatic rings. The van der Waals surface area contributed by atoms with E-state index in [2.05, 4.69) is 24.7 Å². The van der Waals surface area contributed by atoms with Crippen molar-refractivity contribution in [2.75, 3.05) is 32.7 Å². The zero-order valence-corrected chi connectivity index (χ0v) is 21.7. The summed E-state index contributed by atoms with van der Waals surface area (Å²) in [6.07, 6.45) is 6.61. The number of fused-ring (bicyclic) bond motifs is 1. The number of amides is 1. The Labute approximate surface area is 219 Å². The third-order valence-corrected chi connectivity index (χ3v) is 9.52. The summed E-state index contributed by atoms with van der Waals surface area (Å²) in [6, 6.07) is 4.14. The third-order valence-electron chi connectivity index (χ3n) is 8.55. The fourth-order valence-corrected chi connectivity index (χ4v) is 7.47. The first-order chi connectivity index (χ1) is 17.8. The van der Waals surface area contributed by atoms with E-state index in [1.54, 1.807) is 12.3 Å². The van der Waals surface area contributed by atoms with Crippen molar-refractivity contribution in [3.63, 3.8) is 0 Å². The lowest BCUT2D eigenvalue weighted by atomic mass is 9.89. The standard InChI is InChI=1S/C28H33F3N4OS/c29-28(30,31)22-3-4-23-25(17-37-26(23)13-22)20-5-9-33(10-6-20)16-21-12-24(21)27(36)35-8-1-2-19(15-35)14-34-11-7-32-18-34/h3-4,7,11,13,17-21,24H,1-2,5-6,8-10,12,14-16H2/t19-,21?,24+/m0/s1. The molecule has 1 saturated carbocycles. The molecule has 2 aromatic heterocycles. The van der Waals surface area contributed by atoms with E-state index in [0.29, 0.717) is 23.7 Å². The van der Waals surface area contributed by atoms with Crippen LogP contribution in [0.3, 0.4) is 0 Å². The van der Waals surface area contributed by atoms with E-state index < -0.39 is 11.7 Å². The highest BCUT2D eigenvalue weighted by molar-refractivity contribution is 7.17. The van der Waals surface area contributed by atoms with Gasteiger partial charge in [-0.25, -0.2) is 4.98 Å². The zero-order valence-electron chi connectivity index (χ0n) is 20.9. The first-order valence-corrected chi connectivity index (χ1v) is 14.3. The number of benzene rings is 1. The van der Waals surface area contributed by atoms with Gasteiger partial charge in [0.25, 0.3) is 0 Å². The average molecular weight is 531 g/mol. The number of hydrogen-bond acceptors (Lipinski definition) is 4. The second-order valence-electron chi connectivity index (χ2n) is 11.1. The number of piperidine rings is 2. The third kappa shape index (κ3) is 5.43. The number of rotatable bonds is 6. The van der Waals surface area contributed by atoms with Crippen LogP contribution in [-0.2, 0) is 17.5 Å². The highest BCUT2D eigenvalue weighted by Crippen LogP contribution is 2.43. The van der Waals surface area contributed by atoms with Gasteiger partial charge in [0.05, 0.1) is 11.9 Å². The van der Waals surface area contributed by atoms with Gasteiger partial charge in [-0.2, -0.15) is 13.2 Å². The van der Waals surface area contributed by atoms with Crippen LogP contribution in [-0.4, -0.2) is 58.0 Å². The van der Waals surface area contributed by atoms with Crippen molar-refractivity contribution < 1.29 is 18.0 Å². The van der Waals surface area contributed by atoms with Crippen LogP contribution in [0.5, 0.6) is 0 Å². The Balaban J connectivity index is 0.987. The van der Waals surface area contributed by atoms with Gasteiger partial charge in [0.15, 0.2) is 0 Å². The summed E-state index contributed by atoms with van der Waals surface area (Å²) in [5.41, 5.74) is 0.623. The molecule has 0 spiro atoms. The lowest BCUT2D eigenvalue weighted by molar-refractivity contribution is -0.137. The molecule has 37 heavy (non-hydrogen) atoms. The van der Waals surface area contributed by atoms with E-state index in [1.165, 1.54) is 29.0 Å². The minimum absolute atomic E-state index is 0.174. The quantitative estimate of drug-likeness (QED) is 0.400. The molecule has 3 atom stereocenters. The van der Waals surface area contributed by atoms with Crippen molar-refractivity contribution in [3.8, 4) is 0 Å². The van der Waals surface area contributed by atoms with E-state index in [9.17, 15) is 18.0 Å². The van der Waals surface area contributed by atoms with Crippen LogP contribution in [0.2, 0.25) is 0 Å². The molecule has 4 heterocycles. The Kier molecular flexibility index (Phi) is 6.77. The van der Waals surface area contributed by atoms with Crippen LogP contribution >= 0.6 is 11.3 Å². The molecule has 3 aromatic rings. The second kappa shape index (κ2) is 10.1. The molecule has 0 radical (unpaired) electrons. The smallest absolute Gasteiger partial charge is 0.342 e. The normalized spacial score (nSPS) is 25.6. The van der Waals surface area contributed by atoms with Gasteiger partial charge in [0.2, 0.25) is 5.91 Å². The molecule has 1 unspecified atom stereocenters. The molecule has 9 heteroatoms. The molecule has 1 amide bonds. The molecule has 198 valence electrons. The molecule has 3 fully saturated rings. The number of carbonyl (C=O) groups is 1. The molecular formula is C28H33F3N4OS. The summed E-state index contributed by atoms with van der Waals surface area (Å²) in [7, 11) is 0. The topological polar surface area (TPSA) is 41.4 Å². The van der Waals surface area contributed by atoms with E-state index in [-0.39, 0.29) is 5.92 Å². The number of thiophene rings is 1. The monoisotopic (exact) mass is 530 g/mol. The number of nitrogens with zero attached hydrogens (tertiary/aromatic N) is 4. The van der Waals surface area contributed by atoms with Gasteiger partial charge >= 0.3 is 6.18 Å². The maximum absolute atomic E-state index is 13.2. The zero-order chi connectivity index (χ0) is 25.6. The molecule has 0 bridgehead atoms. The highest BCUT2D eigenvalue weighted by atomic mass is 32.1. The van der Waals surface area contributed by atoms with Gasteiger partial charge in [0, 0.05) is 49.2 Å². The maximum Gasteiger partial charge on any atom is 0.416 e. The van der Waals surface area contributed by atoms with Crippen molar-refractivity contribution in [1.82, 2.24) is 19.4 Å². The van der Waals surface area contributed by atoms with Crippen LogP contribution in [0.25, 0.3) is 10.1 Å². The predicted molar refractivity (Wildman–Crippen MR) is 138 cm³/mol. The van der Waals surface area contributed by atoms with Crippen LogP contribution < -0.4 is 0 Å². The number of hydrogen-bond donors (Lipinski definition) is 0. The van der Waals surface area contributed by atoms with Crippen LogP contribution in [0.4, 0.5) is 13.2 Å². The van der Waals surface area contributed by atoms with Crippen molar-refractivity contribution in [2.45, 2.75) is 50.7 Å². The number of imidazole rings is 1.